The summed E-state index contributed by atoms with van der Waals surface area (Å²) in [6, 6.07) is 5.72. The Kier molecular flexibility index (Phi) is 6.01. The van der Waals surface area contributed by atoms with E-state index in [2.05, 4.69) is 27.9 Å². The first-order valence-electron chi connectivity index (χ1n) is 5.80. The summed E-state index contributed by atoms with van der Waals surface area (Å²) >= 11 is 7.07. The largest absolute Gasteiger partial charge is 0.393 e. The number of halogens is 1. The third kappa shape index (κ3) is 4.20. The van der Waals surface area contributed by atoms with Crippen LogP contribution in [0.4, 0.5) is 0 Å². The molecule has 0 aromatic heterocycles. The zero-order chi connectivity index (χ0) is 13.7. The van der Waals surface area contributed by atoms with Crippen molar-refractivity contribution in [2.45, 2.75) is 32.7 Å². The molecule has 0 saturated carbocycles. The summed E-state index contributed by atoms with van der Waals surface area (Å²) in [5.74, 6) is -0.0637. The first kappa shape index (κ1) is 15.4. The van der Waals surface area contributed by atoms with Gasteiger partial charge in [-0.15, -0.1) is 0 Å². The van der Waals surface area contributed by atoms with Crippen molar-refractivity contribution < 1.29 is 4.79 Å². The number of carbonyl (C=O) groups is 1. The number of hydrogen-bond acceptors (Lipinski definition) is 2. The first-order valence-corrected chi connectivity index (χ1v) is 7.28. The van der Waals surface area contributed by atoms with Crippen molar-refractivity contribution >= 4 is 45.7 Å². The van der Waals surface area contributed by atoms with Gasteiger partial charge >= 0.3 is 0 Å². The molecule has 1 atom stereocenters. The lowest BCUT2D eigenvalue weighted by Gasteiger charge is -2.17. The van der Waals surface area contributed by atoms with Gasteiger partial charge in [0.05, 0.1) is 10.6 Å². The lowest BCUT2D eigenvalue weighted by atomic mass is 10.1. The van der Waals surface area contributed by atoms with E-state index in [-0.39, 0.29) is 11.9 Å². The van der Waals surface area contributed by atoms with Gasteiger partial charge < -0.3 is 11.1 Å². The van der Waals surface area contributed by atoms with Crippen LogP contribution < -0.4 is 11.1 Å². The van der Waals surface area contributed by atoms with Gasteiger partial charge in [0.1, 0.15) is 0 Å². The fraction of sp³-hybridized carbons (Fsp3) is 0.385. The highest BCUT2D eigenvalue weighted by atomic mass is 127. The van der Waals surface area contributed by atoms with E-state index in [9.17, 15) is 4.79 Å². The molecule has 0 saturated heterocycles. The molecule has 0 aliphatic heterocycles. The normalized spacial score (nSPS) is 11.9. The molecule has 98 valence electrons. The second-order valence-electron chi connectivity index (χ2n) is 4.19. The van der Waals surface area contributed by atoms with Crippen LogP contribution in [0.25, 0.3) is 0 Å². The molecule has 0 aliphatic carbocycles. The Morgan fingerprint density at radius 3 is 2.78 bits per heavy atom. The molecule has 0 radical (unpaired) electrons. The topological polar surface area (TPSA) is 55.1 Å². The molecular weight excluding hydrogens is 359 g/mol. The predicted octanol–water partition coefficient (Wildman–Crippen LogP) is 2.78. The number of nitrogens with two attached hydrogens (primary N) is 1. The fourth-order valence-electron chi connectivity index (χ4n) is 1.63. The van der Waals surface area contributed by atoms with Crippen molar-refractivity contribution in [3.63, 3.8) is 0 Å². The van der Waals surface area contributed by atoms with E-state index >= 15 is 0 Å². The molecule has 0 spiro atoms. The minimum absolute atomic E-state index is 0.00584. The van der Waals surface area contributed by atoms with Crippen LogP contribution in [0.1, 0.15) is 35.7 Å². The zero-order valence-corrected chi connectivity index (χ0v) is 13.5. The number of aryl methyl sites for hydroxylation is 1. The van der Waals surface area contributed by atoms with Gasteiger partial charge in [-0.3, -0.25) is 4.79 Å². The third-order valence-corrected chi connectivity index (χ3v) is 4.31. The summed E-state index contributed by atoms with van der Waals surface area (Å²) in [7, 11) is 0. The molecule has 18 heavy (non-hydrogen) atoms. The highest BCUT2D eigenvalue weighted by molar-refractivity contribution is 14.1. The summed E-state index contributed by atoms with van der Waals surface area (Å²) in [5.41, 5.74) is 7.32. The lowest BCUT2D eigenvalue weighted by molar-refractivity contribution is 0.0936. The summed E-state index contributed by atoms with van der Waals surface area (Å²) < 4.78 is 0.984. The third-order valence-electron chi connectivity index (χ3n) is 2.71. The zero-order valence-electron chi connectivity index (χ0n) is 10.5. The highest BCUT2D eigenvalue weighted by Crippen LogP contribution is 2.17. The number of amides is 1. The average molecular weight is 376 g/mol. The SMILES string of the molecule is CCC(CC(N)=S)NC(=O)c1cccc(C)c1I. The van der Waals surface area contributed by atoms with Gasteiger partial charge in [0.2, 0.25) is 0 Å². The first-order chi connectivity index (χ1) is 8.45. The van der Waals surface area contributed by atoms with Gasteiger partial charge in [0.15, 0.2) is 0 Å². The molecule has 1 rings (SSSR count). The molecule has 0 aliphatic rings. The molecule has 5 heteroatoms. The van der Waals surface area contributed by atoms with Crippen LogP contribution >= 0.6 is 34.8 Å². The summed E-state index contributed by atoms with van der Waals surface area (Å²) in [4.78, 5) is 12.6. The van der Waals surface area contributed by atoms with Crippen LogP contribution in [0, 0.1) is 10.5 Å². The number of thiocarbonyl (C=S) groups is 1. The monoisotopic (exact) mass is 376 g/mol. The van der Waals surface area contributed by atoms with E-state index in [1.165, 1.54) is 0 Å². The van der Waals surface area contributed by atoms with Gasteiger partial charge in [0.25, 0.3) is 5.91 Å². The molecular formula is C13H17IN2OS. The van der Waals surface area contributed by atoms with Crippen LogP contribution in [0.3, 0.4) is 0 Å². The van der Waals surface area contributed by atoms with E-state index in [1.54, 1.807) is 0 Å². The Morgan fingerprint density at radius 2 is 2.22 bits per heavy atom. The smallest absolute Gasteiger partial charge is 0.252 e. The van der Waals surface area contributed by atoms with Crippen LogP contribution in [0.2, 0.25) is 0 Å². The second kappa shape index (κ2) is 7.04. The number of benzene rings is 1. The maximum absolute atomic E-state index is 12.2. The van der Waals surface area contributed by atoms with Gasteiger partial charge in [-0.25, -0.2) is 0 Å². The van der Waals surface area contributed by atoms with Crippen LogP contribution in [-0.2, 0) is 0 Å². The van der Waals surface area contributed by atoms with E-state index in [4.69, 9.17) is 18.0 Å². The average Bonchev–Trinajstić information content (AvgIpc) is 2.31. The maximum Gasteiger partial charge on any atom is 0.252 e. The van der Waals surface area contributed by atoms with Crippen molar-refractivity contribution in [2.75, 3.05) is 0 Å². The highest BCUT2D eigenvalue weighted by Gasteiger charge is 2.15. The Hall–Kier alpha value is -0.690. The molecule has 0 heterocycles. The van der Waals surface area contributed by atoms with Gasteiger partial charge in [-0.05, 0) is 47.6 Å². The quantitative estimate of drug-likeness (QED) is 0.614. The van der Waals surface area contributed by atoms with E-state index < -0.39 is 0 Å². The van der Waals surface area contributed by atoms with Crippen LogP contribution in [0.5, 0.6) is 0 Å². The van der Waals surface area contributed by atoms with E-state index in [0.29, 0.717) is 17.0 Å². The molecule has 3 N–H and O–H groups in total. The van der Waals surface area contributed by atoms with Gasteiger partial charge in [0, 0.05) is 16.0 Å². The number of nitrogens with one attached hydrogen (secondary N) is 1. The van der Waals surface area contributed by atoms with E-state index in [1.807, 2.05) is 32.0 Å². The Morgan fingerprint density at radius 1 is 1.56 bits per heavy atom. The molecule has 0 bridgehead atoms. The molecule has 1 aromatic carbocycles. The van der Waals surface area contributed by atoms with Crippen molar-refractivity contribution in [3.8, 4) is 0 Å². The van der Waals surface area contributed by atoms with Crippen molar-refractivity contribution in [1.29, 1.82) is 0 Å². The van der Waals surface area contributed by atoms with Crippen LogP contribution in [0.15, 0.2) is 18.2 Å². The molecule has 0 fully saturated rings. The van der Waals surface area contributed by atoms with E-state index in [0.717, 1.165) is 15.6 Å². The number of rotatable bonds is 5. The minimum atomic E-state index is -0.0637. The molecule has 3 nitrogen and oxygen atoms in total. The minimum Gasteiger partial charge on any atom is -0.393 e. The lowest BCUT2D eigenvalue weighted by Crippen LogP contribution is -2.37. The summed E-state index contributed by atoms with van der Waals surface area (Å²) in [6.07, 6.45) is 1.35. The standard InChI is InChI=1S/C13H17IN2OS/c1-3-9(7-11(15)18)16-13(17)10-6-4-5-8(2)12(10)14/h4-6,9H,3,7H2,1-2H3,(H2,15,18)(H,16,17). The number of carbonyl (C=O) groups excluding carboxylic acids is 1. The molecule has 1 unspecified atom stereocenters. The Labute approximate surface area is 127 Å². The van der Waals surface area contributed by atoms with Gasteiger partial charge in [-0.2, -0.15) is 0 Å². The van der Waals surface area contributed by atoms with Crippen molar-refractivity contribution in [1.82, 2.24) is 5.32 Å². The van der Waals surface area contributed by atoms with Crippen molar-refractivity contribution in [2.24, 2.45) is 5.73 Å². The molecule has 1 aromatic rings. The maximum atomic E-state index is 12.2. The Balaban J connectivity index is 2.81. The molecule has 1 amide bonds. The fourth-order valence-corrected chi connectivity index (χ4v) is 2.43. The number of hydrogen-bond donors (Lipinski definition) is 2. The summed E-state index contributed by atoms with van der Waals surface area (Å²) in [5, 5.41) is 2.97. The predicted molar refractivity (Wildman–Crippen MR) is 86.8 cm³/mol. The van der Waals surface area contributed by atoms with Gasteiger partial charge in [-0.1, -0.05) is 31.3 Å². The Bertz CT molecular complexity index is 462. The summed E-state index contributed by atoms with van der Waals surface area (Å²) in [6.45, 7) is 4.00. The van der Waals surface area contributed by atoms with Crippen molar-refractivity contribution in [3.05, 3.63) is 32.9 Å². The van der Waals surface area contributed by atoms with Crippen LogP contribution in [-0.4, -0.2) is 16.9 Å². The second-order valence-corrected chi connectivity index (χ2v) is 5.79.